The molecule has 1 aliphatic heterocycles. The second-order valence-electron chi connectivity index (χ2n) is 9.13. The first-order valence-electron chi connectivity index (χ1n) is 12.3. The molecule has 0 spiro atoms. The predicted molar refractivity (Wildman–Crippen MR) is 147 cm³/mol. The van der Waals surface area contributed by atoms with Crippen LogP contribution in [0.1, 0.15) is 27.0 Å². The van der Waals surface area contributed by atoms with E-state index in [9.17, 15) is 24.1 Å². The number of nitrogens with one attached hydrogen (secondary N) is 2. The van der Waals surface area contributed by atoms with E-state index in [4.69, 9.17) is 30.1 Å². The molecule has 3 aromatic rings. The molecule has 41 heavy (non-hydrogen) atoms. The molecule has 2 unspecified atom stereocenters. The van der Waals surface area contributed by atoms with Crippen LogP contribution in [-0.2, 0) is 23.4 Å². The van der Waals surface area contributed by atoms with E-state index in [1.54, 1.807) is 24.6 Å². The minimum Gasteiger partial charge on any atom is -0.465 e. The summed E-state index contributed by atoms with van der Waals surface area (Å²) < 4.78 is 52.3. The van der Waals surface area contributed by atoms with Crippen molar-refractivity contribution in [2.24, 2.45) is 0 Å². The van der Waals surface area contributed by atoms with Crippen LogP contribution in [0, 0.1) is 0 Å². The van der Waals surface area contributed by atoms with E-state index in [0.717, 1.165) is 23.8 Å². The lowest BCUT2D eigenvalue weighted by atomic mass is 9.98. The van der Waals surface area contributed by atoms with Crippen LogP contribution >= 0.6 is 30.7 Å². The molecule has 0 bridgehead atoms. The van der Waals surface area contributed by atoms with Crippen LogP contribution in [-0.4, -0.2) is 62.7 Å². The summed E-state index contributed by atoms with van der Waals surface area (Å²) in [6, 6.07) is 6.06. The SMILES string of the molecule is CCOC(=O)[C@H](C)NP(=O)(OCC1O[C@@H](n2ccc(=O)[nH]c2=O)[C@](C)(F)[C@@H]1O)Oc1ccc(-c2ncsc2Cl)cc1. The number of halogens is 2. The largest absolute Gasteiger partial charge is 0.465 e. The van der Waals surface area contributed by atoms with Crippen molar-refractivity contribution in [3.8, 4) is 17.0 Å². The number of alkyl halides is 1. The number of aliphatic hydroxyl groups excluding tert-OH is 1. The molecule has 1 fully saturated rings. The van der Waals surface area contributed by atoms with Gasteiger partial charge in [-0.1, -0.05) is 11.6 Å². The zero-order chi connectivity index (χ0) is 29.9. The fourth-order valence-electron chi connectivity index (χ4n) is 4.01. The Hall–Kier alpha value is -2.91. The van der Waals surface area contributed by atoms with Crippen molar-refractivity contribution >= 4 is 36.7 Å². The Morgan fingerprint density at radius 1 is 1.37 bits per heavy atom. The highest BCUT2D eigenvalue weighted by Gasteiger charge is 2.56. The molecule has 0 radical (unpaired) electrons. The molecule has 0 amide bonds. The molecule has 6 atom stereocenters. The molecule has 4 rings (SSSR count). The van der Waals surface area contributed by atoms with E-state index >= 15 is 4.39 Å². The van der Waals surface area contributed by atoms with Gasteiger partial charge in [-0.25, -0.2) is 18.7 Å². The number of nitrogens with zero attached hydrogens (tertiary/aromatic N) is 2. The van der Waals surface area contributed by atoms with Crippen LogP contribution in [0.25, 0.3) is 11.3 Å². The summed E-state index contributed by atoms with van der Waals surface area (Å²) in [6.07, 6.45) is -3.89. The molecular weight excluding hydrogens is 606 g/mol. The third-order valence-corrected chi connectivity index (χ3v) is 8.80. The van der Waals surface area contributed by atoms with E-state index in [1.165, 1.54) is 30.4 Å². The lowest BCUT2D eigenvalue weighted by molar-refractivity contribution is -0.144. The highest BCUT2D eigenvalue weighted by Crippen LogP contribution is 2.48. The number of thiazole rings is 1. The van der Waals surface area contributed by atoms with Crippen molar-refractivity contribution in [1.82, 2.24) is 19.6 Å². The summed E-state index contributed by atoms with van der Waals surface area (Å²) in [7, 11) is -4.41. The van der Waals surface area contributed by atoms with Crippen LogP contribution in [0.3, 0.4) is 0 Å². The topological polar surface area (TPSA) is 171 Å². The van der Waals surface area contributed by atoms with Crippen LogP contribution < -0.4 is 20.9 Å². The zero-order valence-electron chi connectivity index (χ0n) is 22.0. The van der Waals surface area contributed by atoms with E-state index < -0.39 is 61.7 Å². The van der Waals surface area contributed by atoms with E-state index in [2.05, 4.69) is 10.1 Å². The van der Waals surface area contributed by atoms with Gasteiger partial charge in [-0.2, -0.15) is 5.09 Å². The van der Waals surface area contributed by atoms with Gasteiger partial charge < -0.3 is 19.1 Å². The number of esters is 1. The number of carbonyl (C=O) groups excluding carboxylic acids is 1. The van der Waals surface area contributed by atoms with Gasteiger partial charge in [0.25, 0.3) is 5.56 Å². The average molecular weight is 633 g/mol. The number of rotatable bonds is 11. The quantitative estimate of drug-likeness (QED) is 0.210. The number of aliphatic hydroxyl groups is 1. The Morgan fingerprint density at radius 2 is 2.07 bits per heavy atom. The van der Waals surface area contributed by atoms with Gasteiger partial charge in [-0.05, 0) is 45.0 Å². The summed E-state index contributed by atoms with van der Waals surface area (Å²) in [5.41, 5.74) is -1.37. The Labute approximate surface area is 241 Å². The van der Waals surface area contributed by atoms with Crippen LogP contribution in [0.4, 0.5) is 4.39 Å². The summed E-state index contributed by atoms with van der Waals surface area (Å²) in [5, 5.41) is 13.1. The number of aromatic nitrogens is 3. The first kappa shape index (κ1) is 31.0. The summed E-state index contributed by atoms with van der Waals surface area (Å²) in [5.74, 6) is -0.660. The normalized spacial score (nSPS) is 24.5. The Morgan fingerprint density at radius 3 is 2.68 bits per heavy atom. The molecule has 0 aliphatic carbocycles. The van der Waals surface area contributed by atoms with Gasteiger partial charge in [0, 0.05) is 17.8 Å². The number of hydrogen-bond acceptors (Lipinski definition) is 11. The van der Waals surface area contributed by atoms with Crippen molar-refractivity contribution in [2.45, 2.75) is 50.9 Å². The maximum Gasteiger partial charge on any atom is 0.459 e. The molecular formula is C24H27ClFN4O9PS. The van der Waals surface area contributed by atoms with Gasteiger partial charge in [0.1, 0.15) is 28.3 Å². The molecule has 1 aromatic carbocycles. The van der Waals surface area contributed by atoms with E-state index in [1.807, 2.05) is 4.98 Å². The highest BCUT2D eigenvalue weighted by molar-refractivity contribution is 7.52. The van der Waals surface area contributed by atoms with Gasteiger partial charge in [-0.15, -0.1) is 11.3 Å². The highest BCUT2D eigenvalue weighted by atomic mass is 35.5. The second-order valence-corrected chi connectivity index (χ2v) is 12.3. The molecule has 3 heterocycles. The smallest absolute Gasteiger partial charge is 0.459 e. The minimum atomic E-state index is -4.41. The molecule has 13 nitrogen and oxygen atoms in total. The van der Waals surface area contributed by atoms with E-state index in [0.29, 0.717) is 15.6 Å². The second kappa shape index (κ2) is 12.5. The first-order chi connectivity index (χ1) is 19.3. The van der Waals surface area contributed by atoms with Gasteiger partial charge in [0.15, 0.2) is 11.9 Å². The first-order valence-corrected chi connectivity index (χ1v) is 15.1. The third kappa shape index (κ3) is 6.95. The summed E-state index contributed by atoms with van der Waals surface area (Å²) in [4.78, 5) is 42.0. The minimum absolute atomic E-state index is 0.0697. The van der Waals surface area contributed by atoms with Crippen molar-refractivity contribution in [1.29, 1.82) is 0 Å². The predicted octanol–water partition coefficient (Wildman–Crippen LogP) is 3.04. The van der Waals surface area contributed by atoms with Crippen molar-refractivity contribution in [2.75, 3.05) is 13.2 Å². The van der Waals surface area contributed by atoms with Gasteiger partial charge in [-0.3, -0.25) is 23.7 Å². The standard InChI is InChI=1S/C24H27ClFN4O9PS/c1-4-36-21(33)13(2)29-40(35,39-15-7-5-14(6-8-15)18-20(25)41-12-27-18)37-11-16-19(32)24(3,26)22(38-16)30-10-9-17(31)28-23(30)34/h5-10,12-13,16,19,22,32H,4,11H2,1-3H3,(H,29,35)(H,28,31,34)/t13-,16?,19+,22+,24+,40?/m0/s1. The molecule has 222 valence electrons. The lowest BCUT2D eigenvalue weighted by Gasteiger charge is -2.25. The van der Waals surface area contributed by atoms with Crippen molar-refractivity contribution in [3.05, 3.63) is 67.2 Å². The van der Waals surface area contributed by atoms with Gasteiger partial charge >= 0.3 is 19.4 Å². The van der Waals surface area contributed by atoms with Crippen LogP contribution in [0.15, 0.2) is 51.6 Å². The number of carbonyl (C=O) groups is 1. The van der Waals surface area contributed by atoms with Crippen LogP contribution in [0.5, 0.6) is 5.75 Å². The molecule has 1 aliphatic rings. The lowest BCUT2D eigenvalue weighted by Crippen LogP contribution is -2.43. The third-order valence-electron chi connectivity index (χ3n) is 6.10. The molecule has 0 saturated carbocycles. The fourth-order valence-corrected chi connectivity index (χ4v) is 6.33. The number of benzene rings is 1. The molecule has 17 heteroatoms. The number of H-pyrrole nitrogens is 1. The van der Waals surface area contributed by atoms with Crippen molar-refractivity contribution < 1.29 is 37.4 Å². The number of aromatic amines is 1. The van der Waals surface area contributed by atoms with Crippen molar-refractivity contribution in [3.63, 3.8) is 0 Å². The molecule has 3 N–H and O–H groups in total. The zero-order valence-corrected chi connectivity index (χ0v) is 24.5. The Kier molecular flexibility index (Phi) is 9.49. The number of hydrogen-bond donors (Lipinski definition) is 3. The maximum absolute atomic E-state index is 15.6. The monoisotopic (exact) mass is 632 g/mol. The molecule has 2 aromatic heterocycles. The number of ether oxygens (including phenoxy) is 2. The van der Waals surface area contributed by atoms with Gasteiger partial charge in [0.05, 0.1) is 24.4 Å². The van der Waals surface area contributed by atoms with E-state index in [-0.39, 0.29) is 12.4 Å². The fraction of sp³-hybridized carbons (Fsp3) is 0.417. The summed E-state index contributed by atoms with van der Waals surface area (Å²) in [6.45, 7) is 3.38. The van der Waals surface area contributed by atoms with Crippen LogP contribution in [0.2, 0.25) is 4.34 Å². The Balaban J connectivity index is 1.54. The average Bonchev–Trinajstić information content (AvgIpc) is 3.44. The molecule has 1 saturated heterocycles. The summed E-state index contributed by atoms with van der Waals surface area (Å²) >= 11 is 7.40. The maximum atomic E-state index is 15.6. The Bertz CT molecular complexity index is 1550. The van der Waals surface area contributed by atoms with Gasteiger partial charge in [0.2, 0.25) is 0 Å².